The molecule has 3 aliphatic carbocycles. The summed E-state index contributed by atoms with van der Waals surface area (Å²) in [6.07, 6.45) is 1.49. The summed E-state index contributed by atoms with van der Waals surface area (Å²) < 4.78 is 57.2. The van der Waals surface area contributed by atoms with Crippen LogP contribution in [-0.4, -0.2) is 65.7 Å². The maximum Gasteiger partial charge on any atom is 0.249 e. The van der Waals surface area contributed by atoms with Crippen molar-refractivity contribution in [1.29, 1.82) is 0 Å². The van der Waals surface area contributed by atoms with E-state index in [0.717, 1.165) is 5.84 Å². The van der Waals surface area contributed by atoms with Gasteiger partial charge in [0, 0.05) is 30.6 Å². The second-order valence-corrected chi connectivity index (χ2v) is 14.6. The molecule has 1 amide bonds. The van der Waals surface area contributed by atoms with E-state index in [2.05, 4.69) is 5.32 Å². The van der Waals surface area contributed by atoms with E-state index in [4.69, 9.17) is 16.6 Å². The van der Waals surface area contributed by atoms with Crippen LogP contribution in [0.1, 0.15) is 51.5 Å². The van der Waals surface area contributed by atoms with Crippen molar-refractivity contribution in [3.05, 3.63) is 64.9 Å². The van der Waals surface area contributed by atoms with Gasteiger partial charge in [-0.15, -0.1) is 0 Å². The predicted octanol–water partition coefficient (Wildman–Crippen LogP) is 4.70. The van der Waals surface area contributed by atoms with Gasteiger partial charge < -0.3 is 10.2 Å². The largest absolute Gasteiger partial charge is 0.366 e. The van der Waals surface area contributed by atoms with Crippen LogP contribution < -0.4 is 5.32 Å². The smallest absolute Gasteiger partial charge is 0.249 e. The van der Waals surface area contributed by atoms with Gasteiger partial charge in [-0.1, -0.05) is 35.9 Å². The summed E-state index contributed by atoms with van der Waals surface area (Å²) >= 11 is 5.87. The number of amidine groups is 1. The van der Waals surface area contributed by atoms with Gasteiger partial charge in [-0.05, 0) is 75.8 Å². The van der Waals surface area contributed by atoms with Gasteiger partial charge in [0.2, 0.25) is 15.9 Å². The number of alkyl halides is 1. The standard InChI is InChI=1S/C29H33ClF2N4O3S/c1-27(2)24(25(37)35-12-10-20(31)11-13-35)33-26(34-27)28-16-29(17-28,18-28)36(15-19-8-9-22(30)23(32)14-19)40(38,39)21-6-4-3-5-7-21/h3-9,14,20,24H,10-13,15-18H2,1-2H3,(H,33,34)/t24-,28?,29?/m0/s1. The molecule has 2 aromatic carbocycles. The summed E-state index contributed by atoms with van der Waals surface area (Å²) in [5.41, 5.74) is -1.07. The summed E-state index contributed by atoms with van der Waals surface area (Å²) in [7, 11) is -3.89. The number of sulfonamides is 1. The summed E-state index contributed by atoms with van der Waals surface area (Å²) in [5, 5.41) is 3.46. The third-order valence-corrected chi connectivity index (χ3v) is 11.3. The van der Waals surface area contributed by atoms with Gasteiger partial charge >= 0.3 is 0 Å². The third kappa shape index (κ3) is 4.43. The highest BCUT2D eigenvalue weighted by Crippen LogP contribution is 2.71. The van der Waals surface area contributed by atoms with Crippen molar-refractivity contribution in [2.45, 2.75) is 80.7 Å². The lowest BCUT2D eigenvalue weighted by Crippen LogP contribution is -2.78. The number of rotatable bonds is 7. The molecule has 5 aliphatic rings. The second kappa shape index (κ2) is 9.49. The van der Waals surface area contributed by atoms with Gasteiger partial charge in [0.05, 0.1) is 15.5 Å². The zero-order valence-electron chi connectivity index (χ0n) is 22.5. The minimum Gasteiger partial charge on any atom is -0.366 e. The molecule has 0 unspecified atom stereocenters. The first-order valence-electron chi connectivity index (χ1n) is 13.7. The average molecular weight is 591 g/mol. The number of piperidine rings is 1. The topological polar surface area (TPSA) is 82.1 Å². The highest BCUT2D eigenvalue weighted by atomic mass is 35.5. The van der Waals surface area contributed by atoms with Crippen molar-refractivity contribution in [3.63, 3.8) is 0 Å². The van der Waals surface area contributed by atoms with Gasteiger partial charge in [-0.25, -0.2) is 17.2 Å². The van der Waals surface area contributed by atoms with Crippen LogP contribution in [0.3, 0.4) is 0 Å². The Kier molecular flexibility index (Phi) is 6.55. The number of hydrogen-bond acceptors (Lipinski definition) is 5. The Balaban J connectivity index is 1.25. The molecule has 2 aliphatic heterocycles. The molecule has 2 bridgehead atoms. The lowest BCUT2D eigenvalue weighted by molar-refractivity contribution is -0.151. The number of carbonyl (C=O) groups excluding carboxylic acids is 1. The summed E-state index contributed by atoms with van der Waals surface area (Å²) in [6, 6.07) is 12.0. The maximum atomic E-state index is 14.3. The van der Waals surface area contributed by atoms with Gasteiger partial charge in [-0.2, -0.15) is 4.31 Å². The SMILES string of the molecule is CC1(C)NC(C23CC(N(Cc4ccc(Cl)c(F)c4)S(=O)(=O)c4ccccc4)(C2)C3)=N[C@H]1C(=O)N1CCC(F)CC1. The van der Waals surface area contributed by atoms with Crippen molar-refractivity contribution in [1.82, 2.24) is 14.5 Å². The number of hydrogen-bond donors (Lipinski definition) is 1. The van der Waals surface area contributed by atoms with E-state index < -0.39 is 39.1 Å². The van der Waals surface area contributed by atoms with Crippen LogP contribution in [0.25, 0.3) is 0 Å². The molecule has 2 aromatic rings. The molecule has 1 N–H and O–H groups in total. The van der Waals surface area contributed by atoms with Crippen LogP contribution in [0, 0.1) is 11.2 Å². The molecule has 7 nitrogen and oxygen atoms in total. The molecule has 1 saturated heterocycles. The van der Waals surface area contributed by atoms with E-state index in [0.29, 0.717) is 50.8 Å². The monoisotopic (exact) mass is 590 g/mol. The number of nitrogens with one attached hydrogen (secondary N) is 1. The van der Waals surface area contributed by atoms with Gasteiger partial charge in [0.1, 0.15) is 17.8 Å². The average Bonchev–Trinajstić information content (AvgIpc) is 3.19. The fourth-order valence-corrected chi connectivity index (χ4v) is 8.75. The van der Waals surface area contributed by atoms with E-state index in [1.165, 1.54) is 16.4 Å². The third-order valence-electron chi connectivity index (χ3n) is 9.03. The van der Waals surface area contributed by atoms with Crippen LogP contribution in [0.5, 0.6) is 0 Å². The van der Waals surface area contributed by atoms with Crippen LogP contribution >= 0.6 is 11.6 Å². The summed E-state index contributed by atoms with van der Waals surface area (Å²) in [4.78, 5) is 20.1. The lowest BCUT2D eigenvalue weighted by Gasteiger charge is -2.73. The van der Waals surface area contributed by atoms with Crippen LogP contribution in [-0.2, 0) is 21.4 Å². The van der Waals surface area contributed by atoms with Gasteiger partial charge in [0.15, 0.2) is 6.04 Å². The summed E-state index contributed by atoms with van der Waals surface area (Å²) in [6.45, 7) is 4.68. The molecule has 7 rings (SSSR count). The molecule has 214 valence electrons. The number of likely N-dealkylation sites (tertiary alicyclic amines) is 1. The Morgan fingerprint density at radius 1 is 1.12 bits per heavy atom. The van der Waals surface area contributed by atoms with E-state index in [-0.39, 0.29) is 27.8 Å². The van der Waals surface area contributed by atoms with Crippen LogP contribution in [0.2, 0.25) is 5.02 Å². The van der Waals surface area contributed by atoms with Crippen molar-refractivity contribution in [3.8, 4) is 0 Å². The number of carbonyl (C=O) groups is 1. The highest BCUT2D eigenvalue weighted by molar-refractivity contribution is 7.89. The zero-order valence-corrected chi connectivity index (χ0v) is 24.1. The molecule has 4 fully saturated rings. The number of aliphatic imine (C=N–C) groups is 1. The number of amides is 1. The normalized spacial score (nSPS) is 29.4. The molecule has 0 aromatic heterocycles. The fraction of sp³-hybridized carbons (Fsp3) is 0.517. The van der Waals surface area contributed by atoms with E-state index in [9.17, 15) is 22.0 Å². The highest BCUT2D eigenvalue weighted by Gasteiger charge is 2.75. The molecule has 2 heterocycles. The number of benzene rings is 2. The lowest BCUT2D eigenvalue weighted by atomic mass is 9.38. The van der Waals surface area contributed by atoms with Gasteiger partial charge in [-0.3, -0.25) is 9.79 Å². The Hall–Kier alpha value is -2.56. The molecule has 40 heavy (non-hydrogen) atoms. The van der Waals surface area contributed by atoms with Crippen LogP contribution in [0.15, 0.2) is 58.4 Å². The van der Waals surface area contributed by atoms with Crippen molar-refractivity contribution in [2.24, 2.45) is 10.4 Å². The number of halogens is 3. The molecule has 0 radical (unpaired) electrons. The Morgan fingerprint density at radius 3 is 2.40 bits per heavy atom. The first kappa shape index (κ1) is 27.6. The minimum absolute atomic E-state index is 0.0123. The van der Waals surface area contributed by atoms with Crippen molar-refractivity contribution in [2.75, 3.05) is 13.1 Å². The predicted molar refractivity (Wildman–Crippen MR) is 149 cm³/mol. The van der Waals surface area contributed by atoms with Crippen LogP contribution in [0.4, 0.5) is 8.78 Å². The first-order chi connectivity index (χ1) is 18.9. The molecular formula is C29H33ClF2N4O3S. The van der Waals surface area contributed by atoms with Crippen molar-refractivity contribution < 1.29 is 22.0 Å². The molecule has 11 heteroatoms. The Morgan fingerprint density at radius 2 is 1.77 bits per heavy atom. The Labute approximate surface area is 238 Å². The van der Waals surface area contributed by atoms with E-state index >= 15 is 0 Å². The summed E-state index contributed by atoms with van der Waals surface area (Å²) in [5.74, 6) is 0.0509. The maximum absolute atomic E-state index is 14.3. The molecule has 1 atom stereocenters. The molecule has 0 spiro atoms. The second-order valence-electron chi connectivity index (χ2n) is 12.3. The van der Waals surface area contributed by atoms with E-state index in [1.807, 2.05) is 13.8 Å². The quantitative estimate of drug-likeness (QED) is 0.507. The number of nitrogens with zero attached hydrogens (tertiary/aromatic N) is 3. The van der Waals surface area contributed by atoms with Crippen molar-refractivity contribution >= 4 is 33.4 Å². The zero-order chi connectivity index (χ0) is 28.5. The van der Waals surface area contributed by atoms with Gasteiger partial charge in [0.25, 0.3) is 0 Å². The minimum atomic E-state index is -3.89. The molecule has 3 saturated carbocycles. The first-order valence-corrected chi connectivity index (χ1v) is 15.5. The Bertz CT molecular complexity index is 1460. The fourth-order valence-electron chi connectivity index (χ4n) is 6.85. The van der Waals surface area contributed by atoms with E-state index in [1.54, 1.807) is 41.3 Å². The molecular weight excluding hydrogens is 558 g/mol.